The van der Waals surface area contributed by atoms with Crippen LogP contribution >= 0.6 is 0 Å². The summed E-state index contributed by atoms with van der Waals surface area (Å²) in [5.41, 5.74) is 1.61. The summed E-state index contributed by atoms with van der Waals surface area (Å²) >= 11 is 0. The van der Waals surface area contributed by atoms with Gasteiger partial charge in [0.05, 0.1) is 0 Å². The normalized spacial score (nSPS) is 34.6. The summed E-state index contributed by atoms with van der Waals surface area (Å²) in [6.45, 7) is 4.50. The van der Waals surface area contributed by atoms with Gasteiger partial charge in [-0.05, 0) is 75.5 Å². The van der Waals surface area contributed by atoms with Crippen LogP contribution in [0.1, 0.15) is 57.2 Å². The zero-order valence-corrected chi connectivity index (χ0v) is 14.7. The van der Waals surface area contributed by atoms with Gasteiger partial charge in [0.25, 0.3) is 0 Å². The van der Waals surface area contributed by atoms with Gasteiger partial charge in [0.1, 0.15) is 0 Å². The molecule has 0 unspecified atom stereocenters. The second-order valence-electron chi connectivity index (χ2n) is 8.30. The van der Waals surface area contributed by atoms with Gasteiger partial charge in [-0.3, -0.25) is 4.79 Å². The molecule has 1 aromatic rings. The number of amides is 1. The Labute approximate surface area is 143 Å². The number of carbonyl (C=O) groups excluding carboxylic acids is 1. The Morgan fingerprint density at radius 2 is 1.88 bits per heavy atom. The van der Waals surface area contributed by atoms with Crippen LogP contribution in [-0.2, 0) is 11.2 Å². The summed E-state index contributed by atoms with van der Waals surface area (Å²) in [6, 6.07) is 0. The van der Waals surface area contributed by atoms with E-state index >= 15 is 0 Å². The highest BCUT2D eigenvalue weighted by Gasteiger charge is 2.51. The Bertz CT molecular complexity index is 626. The third-order valence-corrected chi connectivity index (χ3v) is 6.43. The molecule has 130 valence electrons. The summed E-state index contributed by atoms with van der Waals surface area (Å²) in [5, 5.41) is 6.72. The molecule has 4 aliphatic rings. The molecule has 4 saturated carbocycles. The first-order chi connectivity index (χ1) is 11.5. The highest BCUT2D eigenvalue weighted by molar-refractivity contribution is 5.88. The van der Waals surface area contributed by atoms with Crippen molar-refractivity contribution >= 4 is 5.91 Å². The van der Waals surface area contributed by atoms with E-state index in [1.165, 1.54) is 44.1 Å². The largest absolute Gasteiger partial charge is 0.352 e. The lowest BCUT2D eigenvalue weighted by Crippen LogP contribution is -2.46. The Balaban J connectivity index is 1.35. The molecule has 0 aromatic carbocycles. The first kappa shape index (κ1) is 15.9. The first-order valence-corrected chi connectivity index (χ1v) is 9.28. The molecular formula is C19H27N3O2. The molecule has 4 aliphatic carbocycles. The summed E-state index contributed by atoms with van der Waals surface area (Å²) in [7, 11) is 0. The van der Waals surface area contributed by atoms with E-state index in [2.05, 4.69) is 22.4 Å². The summed E-state index contributed by atoms with van der Waals surface area (Å²) in [4.78, 5) is 16.4. The van der Waals surface area contributed by atoms with Crippen molar-refractivity contribution in [3.05, 3.63) is 23.4 Å². The van der Waals surface area contributed by atoms with Crippen molar-refractivity contribution in [1.82, 2.24) is 15.5 Å². The van der Waals surface area contributed by atoms with Crippen molar-refractivity contribution in [3.63, 3.8) is 0 Å². The van der Waals surface area contributed by atoms with E-state index in [4.69, 9.17) is 4.52 Å². The molecule has 0 saturated heterocycles. The fourth-order valence-electron chi connectivity index (χ4n) is 5.73. The molecule has 4 bridgehead atoms. The molecule has 0 spiro atoms. The Hall–Kier alpha value is -1.65. The van der Waals surface area contributed by atoms with Gasteiger partial charge in [-0.1, -0.05) is 10.7 Å². The zero-order chi connectivity index (χ0) is 16.7. The van der Waals surface area contributed by atoms with Gasteiger partial charge in [-0.25, -0.2) is 0 Å². The number of carbonyl (C=O) groups is 1. The zero-order valence-electron chi connectivity index (χ0n) is 14.7. The topological polar surface area (TPSA) is 68.0 Å². The number of rotatable bonds is 5. The van der Waals surface area contributed by atoms with Gasteiger partial charge in [0.2, 0.25) is 11.8 Å². The maximum absolute atomic E-state index is 12.3. The van der Waals surface area contributed by atoms with Crippen LogP contribution in [-0.4, -0.2) is 22.6 Å². The lowest BCUT2D eigenvalue weighted by Gasteiger charge is -2.57. The van der Waals surface area contributed by atoms with Crippen molar-refractivity contribution in [3.8, 4) is 0 Å². The van der Waals surface area contributed by atoms with Gasteiger partial charge in [0, 0.05) is 19.0 Å². The van der Waals surface area contributed by atoms with E-state index in [1.54, 1.807) is 6.92 Å². The molecule has 24 heavy (non-hydrogen) atoms. The second-order valence-corrected chi connectivity index (χ2v) is 8.30. The Morgan fingerprint density at radius 3 is 2.42 bits per heavy atom. The number of hydrogen-bond donors (Lipinski definition) is 1. The maximum Gasteiger partial charge on any atom is 0.243 e. The first-order valence-electron chi connectivity index (χ1n) is 9.28. The Kier molecular flexibility index (Phi) is 3.97. The quantitative estimate of drug-likeness (QED) is 0.842. The van der Waals surface area contributed by atoms with Crippen molar-refractivity contribution < 1.29 is 9.32 Å². The van der Waals surface area contributed by atoms with E-state index in [1.807, 2.05) is 6.08 Å². The monoisotopic (exact) mass is 329 g/mol. The number of aromatic nitrogens is 2. The van der Waals surface area contributed by atoms with E-state index in [0.29, 0.717) is 30.1 Å². The molecule has 1 N–H and O–H groups in total. The van der Waals surface area contributed by atoms with Crippen LogP contribution in [0.4, 0.5) is 0 Å². The van der Waals surface area contributed by atoms with E-state index in [9.17, 15) is 4.79 Å². The smallest absolute Gasteiger partial charge is 0.243 e. The van der Waals surface area contributed by atoms with Crippen molar-refractivity contribution in [2.45, 2.75) is 58.8 Å². The molecule has 5 nitrogen and oxygen atoms in total. The van der Waals surface area contributed by atoms with Crippen LogP contribution in [0.3, 0.4) is 0 Å². The number of allylic oxidation sites excluding steroid dienone is 1. The second kappa shape index (κ2) is 6.01. The van der Waals surface area contributed by atoms with Gasteiger partial charge in [-0.2, -0.15) is 4.98 Å². The van der Waals surface area contributed by atoms with Crippen LogP contribution < -0.4 is 5.32 Å². The molecule has 0 atom stereocenters. The van der Waals surface area contributed by atoms with Crippen LogP contribution in [0, 0.1) is 30.1 Å². The average Bonchev–Trinajstić information content (AvgIpc) is 2.91. The lowest BCUT2D eigenvalue weighted by atomic mass is 9.48. The van der Waals surface area contributed by atoms with Crippen LogP contribution in [0.25, 0.3) is 0 Å². The molecule has 0 aliphatic heterocycles. The SMILES string of the molecule is C/C(=C/C(=O)NCCc1nc(C)no1)C12CC3CC(CC(C3)C1)C2. The molecule has 4 fully saturated rings. The van der Waals surface area contributed by atoms with Crippen molar-refractivity contribution in [2.75, 3.05) is 6.54 Å². The number of aryl methyl sites for hydroxylation is 1. The van der Waals surface area contributed by atoms with Crippen LogP contribution in [0.5, 0.6) is 0 Å². The molecule has 5 heteroatoms. The third kappa shape index (κ3) is 3.01. The lowest BCUT2D eigenvalue weighted by molar-refractivity contribution is -0.116. The average molecular weight is 329 g/mol. The number of hydrogen-bond acceptors (Lipinski definition) is 4. The molecule has 5 rings (SSSR count). The van der Waals surface area contributed by atoms with Crippen molar-refractivity contribution in [1.29, 1.82) is 0 Å². The Morgan fingerprint density at radius 1 is 1.25 bits per heavy atom. The number of nitrogens with zero attached hydrogens (tertiary/aromatic N) is 2. The van der Waals surface area contributed by atoms with E-state index < -0.39 is 0 Å². The van der Waals surface area contributed by atoms with Gasteiger partial charge >= 0.3 is 0 Å². The molecule has 0 radical (unpaired) electrons. The summed E-state index contributed by atoms with van der Waals surface area (Å²) < 4.78 is 5.06. The van der Waals surface area contributed by atoms with E-state index in [-0.39, 0.29) is 5.91 Å². The third-order valence-electron chi connectivity index (χ3n) is 6.43. The van der Waals surface area contributed by atoms with Gasteiger partial charge in [-0.15, -0.1) is 0 Å². The van der Waals surface area contributed by atoms with Crippen LogP contribution in [0.2, 0.25) is 0 Å². The van der Waals surface area contributed by atoms with Gasteiger partial charge in [0.15, 0.2) is 5.82 Å². The summed E-state index contributed by atoms with van der Waals surface area (Å²) in [5.74, 6) is 3.94. The fourth-order valence-corrected chi connectivity index (χ4v) is 5.73. The number of nitrogens with one attached hydrogen (secondary N) is 1. The van der Waals surface area contributed by atoms with Crippen molar-refractivity contribution in [2.24, 2.45) is 23.2 Å². The highest BCUT2D eigenvalue weighted by atomic mass is 16.5. The predicted molar refractivity (Wildman–Crippen MR) is 90.1 cm³/mol. The van der Waals surface area contributed by atoms with E-state index in [0.717, 1.165) is 17.8 Å². The molecular weight excluding hydrogens is 302 g/mol. The standard InChI is InChI=1S/C19H27N3O2/c1-12(5-17(23)20-4-3-18-21-13(2)22-24-18)19-9-14-6-15(10-19)8-16(7-14)11-19/h5,14-16H,3-4,6-11H2,1-2H3,(H,20,23)/b12-5-. The van der Waals surface area contributed by atoms with Gasteiger partial charge < -0.3 is 9.84 Å². The minimum atomic E-state index is 0.0134. The maximum atomic E-state index is 12.3. The summed E-state index contributed by atoms with van der Waals surface area (Å²) in [6.07, 6.45) is 10.6. The predicted octanol–water partition coefficient (Wildman–Crippen LogP) is 3.20. The molecule has 1 aromatic heterocycles. The highest BCUT2D eigenvalue weighted by Crippen LogP contribution is 2.62. The minimum absolute atomic E-state index is 0.0134. The minimum Gasteiger partial charge on any atom is -0.352 e. The fraction of sp³-hybridized carbons (Fsp3) is 0.737. The van der Waals surface area contributed by atoms with Crippen LogP contribution in [0.15, 0.2) is 16.2 Å². The molecule has 1 amide bonds. The molecule has 1 heterocycles.